The van der Waals surface area contributed by atoms with Crippen molar-refractivity contribution < 1.29 is 0 Å². The van der Waals surface area contributed by atoms with Gasteiger partial charge >= 0.3 is 0 Å². The van der Waals surface area contributed by atoms with Crippen LogP contribution in [0.3, 0.4) is 0 Å². The lowest BCUT2D eigenvalue weighted by Crippen LogP contribution is -2.17. The van der Waals surface area contributed by atoms with Crippen LogP contribution in [-0.4, -0.2) is 0 Å². The van der Waals surface area contributed by atoms with Gasteiger partial charge in [-0.1, -0.05) is 46.9 Å². The topological polar surface area (TPSA) is 12.0 Å². The van der Waals surface area contributed by atoms with Gasteiger partial charge in [0.15, 0.2) is 0 Å². The van der Waals surface area contributed by atoms with Gasteiger partial charge in [-0.3, -0.25) is 0 Å². The Hall–Kier alpha value is -0.250. The number of rotatable bonds is 4. The molecule has 0 radical (unpaired) electrons. The van der Waals surface area contributed by atoms with Crippen LogP contribution >= 0.6 is 46.1 Å². The van der Waals surface area contributed by atoms with Crippen LogP contribution in [0.5, 0.6) is 0 Å². The van der Waals surface area contributed by atoms with Crippen molar-refractivity contribution in [2.75, 3.05) is 0 Å². The number of thiophene rings is 1. The predicted octanol–water partition coefficient (Wildman–Crippen LogP) is 5.56. The SMILES string of the molecule is CC(NCc1cccs1)c1ccc(Cl)c(Cl)c1Cl. The van der Waals surface area contributed by atoms with E-state index in [1.807, 2.05) is 12.1 Å². The van der Waals surface area contributed by atoms with E-state index in [4.69, 9.17) is 34.8 Å². The van der Waals surface area contributed by atoms with Gasteiger partial charge in [-0.05, 0) is 30.0 Å². The summed E-state index contributed by atoms with van der Waals surface area (Å²) < 4.78 is 0. The molecule has 0 bridgehead atoms. The van der Waals surface area contributed by atoms with Crippen molar-refractivity contribution in [2.45, 2.75) is 19.5 Å². The quantitative estimate of drug-likeness (QED) is 0.727. The standard InChI is InChI=1S/C13H12Cl3NS/c1-8(17-7-9-3-2-6-18-9)10-4-5-11(14)13(16)12(10)15/h2-6,8,17H,7H2,1H3. The molecule has 0 spiro atoms. The molecule has 1 unspecified atom stereocenters. The normalized spacial score (nSPS) is 12.7. The Morgan fingerprint density at radius 2 is 1.94 bits per heavy atom. The van der Waals surface area contributed by atoms with Crippen molar-refractivity contribution in [1.82, 2.24) is 5.32 Å². The first kappa shape index (κ1) is 14.2. The van der Waals surface area contributed by atoms with Crippen molar-refractivity contribution >= 4 is 46.1 Å². The molecule has 0 aliphatic rings. The van der Waals surface area contributed by atoms with E-state index >= 15 is 0 Å². The van der Waals surface area contributed by atoms with Crippen molar-refractivity contribution in [3.63, 3.8) is 0 Å². The molecule has 1 aromatic heterocycles. The zero-order valence-electron chi connectivity index (χ0n) is 9.71. The highest BCUT2D eigenvalue weighted by Crippen LogP contribution is 2.35. The molecular formula is C13H12Cl3NS. The molecular weight excluding hydrogens is 309 g/mol. The molecule has 96 valence electrons. The van der Waals surface area contributed by atoms with Gasteiger partial charge in [0.05, 0.1) is 15.1 Å². The predicted molar refractivity (Wildman–Crippen MR) is 81.0 cm³/mol. The minimum Gasteiger partial charge on any atom is -0.305 e. The molecule has 1 N–H and O–H groups in total. The molecule has 18 heavy (non-hydrogen) atoms. The monoisotopic (exact) mass is 319 g/mol. The maximum atomic E-state index is 6.20. The van der Waals surface area contributed by atoms with E-state index in [-0.39, 0.29) is 6.04 Å². The lowest BCUT2D eigenvalue weighted by molar-refractivity contribution is 0.579. The Kier molecular flexibility index (Phi) is 4.93. The first-order chi connectivity index (χ1) is 8.59. The maximum Gasteiger partial charge on any atom is 0.0781 e. The Bertz CT molecular complexity index is 525. The van der Waals surface area contributed by atoms with Crippen LogP contribution in [0, 0.1) is 0 Å². The Morgan fingerprint density at radius 1 is 1.17 bits per heavy atom. The summed E-state index contributed by atoms with van der Waals surface area (Å²) in [5, 5.41) is 6.90. The second kappa shape index (κ2) is 6.27. The molecule has 1 aromatic carbocycles. The van der Waals surface area contributed by atoms with E-state index in [0.717, 1.165) is 12.1 Å². The number of halogens is 3. The summed E-state index contributed by atoms with van der Waals surface area (Å²) in [4.78, 5) is 1.29. The minimum atomic E-state index is 0.120. The molecule has 1 nitrogen and oxygen atoms in total. The highest BCUT2D eigenvalue weighted by molar-refractivity contribution is 7.09. The lowest BCUT2D eigenvalue weighted by Gasteiger charge is -2.16. The fraction of sp³-hybridized carbons (Fsp3) is 0.231. The summed E-state index contributed by atoms with van der Waals surface area (Å²) in [6.45, 7) is 2.87. The van der Waals surface area contributed by atoms with Crippen LogP contribution in [0.4, 0.5) is 0 Å². The van der Waals surface area contributed by atoms with E-state index in [1.54, 1.807) is 17.4 Å². The van der Waals surface area contributed by atoms with Crippen LogP contribution in [-0.2, 0) is 6.54 Å². The third kappa shape index (κ3) is 3.19. The minimum absolute atomic E-state index is 0.120. The van der Waals surface area contributed by atoms with E-state index in [1.165, 1.54) is 4.88 Å². The molecule has 1 heterocycles. The molecule has 0 saturated carbocycles. The first-order valence-electron chi connectivity index (χ1n) is 5.48. The van der Waals surface area contributed by atoms with Gasteiger partial charge in [0.1, 0.15) is 0 Å². The summed E-state index contributed by atoms with van der Waals surface area (Å²) in [7, 11) is 0. The highest BCUT2D eigenvalue weighted by atomic mass is 35.5. The Morgan fingerprint density at radius 3 is 2.61 bits per heavy atom. The third-order valence-corrected chi connectivity index (χ3v) is 4.88. The van der Waals surface area contributed by atoms with Crippen LogP contribution in [0.2, 0.25) is 15.1 Å². The molecule has 5 heteroatoms. The van der Waals surface area contributed by atoms with Gasteiger partial charge in [-0.2, -0.15) is 0 Å². The number of hydrogen-bond acceptors (Lipinski definition) is 2. The molecule has 0 saturated heterocycles. The molecule has 1 atom stereocenters. The maximum absolute atomic E-state index is 6.20. The van der Waals surface area contributed by atoms with Crippen LogP contribution in [0.25, 0.3) is 0 Å². The summed E-state index contributed by atoms with van der Waals surface area (Å²) in [6, 6.07) is 7.94. The van der Waals surface area contributed by atoms with Gasteiger partial charge in [0.2, 0.25) is 0 Å². The average Bonchev–Trinajstić information content (AvgIpc) is 2.86. The van der Waals surface area contributed by atoms with E-state index < -0.39 is 0 Å². The summed E-state index contributed by atoms with van der Waals surface area (Å²) >= 11 is 19.9. The zero-order chi connectivity index (χ0) is 13.1. The largest absolute Gasteiger partial charge is 0.305 e. The van der Waals surface area contributed by atoms with Crippen molar-refractivity contribution in [1.29, 1.82) is 0 Å². The number of benzene rings is 1. The second-order valence-corrected chi connectivity index (χ2v) is 6.14. The van der Waals surface area contributed by atoms with Gasteiger partial charge in [0.25, 0.3) is 0 Å². The fourth-order valence-electron chi connectivity index (χ4n) is 1.65. The number of hydrogen-bond donors (Lipinski definition) is 1. The van der Waals surface area contributed by atoms with Crippen LogP contribution in [0.15, 0.2) is 29.6 Å². The van der Waals surface area contributed by atoms with Gasteiger partial charge < -0.3 is 5.32 Å². The molecule has 0 aliphatic heterocycles. The van der Waals surface area contributed by atoms with Crippen molar-refractivity contribution in [3.05, 3.63) is 55.2 Å². The second-order valence-electron chi connectivity index (χ2n) is 3.95. The smallest absolute Gasteiger partial charge is 0.0781 e. The van der Waals surface area contributed by atoms with Crippen LogP contribution < -0.4 is 5.32 Å². The fourth-order valence-corrected chi connectivity index (χ4v) is 3.01. The average molecular weight is 321 g/mol. The highest BCUT2D eigenvalue weighted by Gasteiger charge is 2.14. The summed E-state index contributed by atoms with van der Waals surface area (Å²) in [6.07, 6.45) is 0. The number of nitrogens with one attached hydrogen (secondary N) is 1. The molecule has 0 aliphatic carbocycles. The van der Waals surface area contributed by atoms with Crippen molar-refractivity contribution in [3.8, 4) is 0 Å². The third-order valence-electron chi connectivity index (χ3n) is 2.69. The molecule has 0 amide bonds. The lowest BCUT2D eigenvalue weighted by atomic mass is 10.1. The van der Waals surface area contributed by atoms with E-state index in [9.17, 15) is 0 Å². The zero-order valence-corrected chi connectivity index (χ0v) is 12.8. The molecule has 0 fully saturated rings. The Labute approximate surface area is 126 Å². The van der Waals surface area contributed by atoms with E-state index in [2.05, 4.69) is 23.7 Å². The van der Waals surface area contributed by atoms with Crippen LogP contribution in [0.1, 0.15) is 23.4 Å². The van der Waals surface area contributed by atoms with Gasteiger partial charge in [-0.15, -0.1) is 11.3 Å². The molecule has 2 rings (SSSR count). The summed E-state index contributed by atoms with van der Waals surface area (Å²) in [5.41, 5.74) is 0.961. The first-order valence-corrected chi connectivity index (χ1v) is 7.50. The van der Waals surface area contributed by atoms with Gasteiger partial charge in [0, 0.05) is 17.5 Å². The Balaban J connectivity index is 2.09. The molecule has 2 aromatic rings. The summed E-state index contributed by atoms with van der Waals surface area (Å²) in [5.74, 6) is 0. The van der Waals surface area contributed by atoms with Crippen molar-refractivity contribution in [2.24, 2.45) is 0 Å². The van der Waals surface area contributed by atoms with E-state index in [0.29, 0.717) is 15.1 Å². The van der Waals surface area contributed by atoms with Gasteiger partial charge in [-0.25, -0.2) is 0 Å².